The molecule has 0 amide bonds. The number of aryl methyl sites for hydroxylation is 1. The first-order chi connectivity index (χ1) is 12.5. The molecule has 2 aliphatic rings. The molecule has 1 aromatic heterocycles. The smallest absolute Gasteiger partial charge is 0.252 e. The monoisotopic (exact) mass is 369 g/mol. The van der Waals surface area contributed by atoms with E-state index in [0.29, 0.717) is 29.2 Å². The molecule has 3 rings (SSSR count). The third-order valence-corrected chi connectivity index (χ3v) is 4.04. The Morgan fingerprint density at radius 2 is 2.00 bits per heavy atom. The van der Waals surface area contributed by atoms with Crippen LogP contribution in [0.5, 0.6) is 0 Å². The highest BCUT2D eigenvalue weighted by Crippen LogP contribution is 2.23. The second-order valence-corrected chi connectivity index (χ2v) is 6.23. The first-order valence-corrected chi connectivity index (χ1v) is 8.57. The number of pyridine rings is 1. The van der Waals surface area contributed by atoms with Crippen LogP contribution in [0.4, 0.5) is 4.39 Å². The van der Waals surface area contributed by atoms with E-state index < -0.39 is 5.24 Å². The predicted molar refractivity (Wildman–Crippen MR) is 101 cm³/mol. The minimum atomic E-state index is -0.510. The van der Waals surface area contributed by atoms with Crippen LogP contribution in [0.3, 0.4) is 0 Å². The lowest BCUT2D eigenvalue weighted by molar-refractivity contribution is 0.108. The number of carbonyl (C=O) groups is 1. The van der Waals surface area contributed by atoms with Crippen molar-refractivity contribution in [1.82, 2.24) is 4.98 Å². The van der Waals surface area contributed by atoms with E-state index in [1.54, 1.807) is 30.4 Å². The zero-order valence-corrected chi connectivity index (χ0v) is 15.0. The molecule has 2 aliphatic carbocycles. The second kappa shape index (κ2) is 8.11. The van der Waals surface area contributed by atoms with Gasteiger partial charge in [-0.2, -0.15) is 0 Å². The molecule has 1 heterocycles. The summed E-state index contributed by atoms with van der Waals surface area (Å²) < 4.78 is 19.1. The van der Waals surface area contributed by atoms with E-state index in [0.717, 1.165) is 11.3 Å². The van der Waals surface area contributed by atoms with Gasteiger partial charge in [-0.1, -0.05) is 12.2 Å². The van der Waals surface area contributed by atoms with Crippen molar-refractivity contribution in [3.05, 3.63) is 95.0 Å². The number of nitrogens with zero attached hydrogens (tertiary/aromatic N) is 1. The molecule has 0 saturated carbocycles. The van der Waals surface area contributed by atoms with Crippen LogP contribution in [-0.2, 0) is 4.74 Å². The van der Waals surface area contributed by atoms with Gasteiger partial charge in [-0.15, -0.1) is 0 Å². The van der Waals surface area contributed by atoms with E-state index in [9.17, 15) is 9.18 Å². The molecule has 132 valence electrons. The number of hydrogen-bond donors (Lipinski definition) is 0. The van der Waals surface area contributed by atoms with E-state index in [1.165, 1.54) is 6.08 Å². The third kappa shape index (κ3) is 4.67. The van der Waals surface area contributed by atoms with Gasteiger partial charge in [0.1, 0.15) is 17.3 Å². The highest BCUT2D eigenvalue weighted by Gasteiger charge is 2.10. The predicted octanol–water partition coefficient (Wildman–Crippen LogP) is 5.71. The molecule has 1 aromatic rings. The normalized spacial score (nSPS) is 16.7. The molecule has 3 nitrogen and oxygen atoms in total. The van der Waals surface area contributed by atoms with Crippen LogP contribution >= 0.6 is 11.6 Å². The summed E-state index contributed by atoms with van der Waals surface area (Å²) in [5.41, 5.74) is 2.69. The maximum atomic E-state index is 13.3. The quantitative estimate of drug-likeness (QED) is 0.638. The Kier molecular flexibility index (Phi) is 5.64. The fourth-order valence-electron chi connectivity index (χ4n) is 2.59. The van der Waals surface area contributed by atoms with Crippen LogP contribution in [0.1, 0.15) is 34.6 Å². The lowest BCUT2D eigenvalue weighted by Gasteiger charge is -2.06. The maximum Gasteiger partial charge on any atom is 0.252 e. The third-order valence-electron chi connectivity index (χ3n) is 3.82. The number of aromatic nitrogens is 1. The fourth-order valence-corrected chi connectivity index (χ4v) is 2.70. The topological polar surface area (TPSA) is 39.2 Å². The Morgan fingerprint density at radius 3 is 2.81 bits per heavy atom. The molecule has 0 bridgehead atoms. The molecular formula is C21H17ClFNO2. The van der Waals surface area contributed by atoms with E-state index in [4.69, 9.17) is 16.3 Å². The highest BCUT2D eigenvalue weighted by molar-refractivity contribution is 6.67. The number of rotatable bonds is 4. The van der Waals surface area contributed by atoms with Crippen molar-refractivity contribution in [3.63, 3.8) is 0 Å². The summed E-state index contributed by atoms with van der Waals surface area (Å²) in [6.07, 6.45) is 15.0. The zero-order chi connectivity index (χ0) is 18.5. The van der Waals surface area contributed by atoms with Crippen molar-refractivity contribution < 1.29 is 13.9 Å². The fraction of sp³-hybridized carbons (Fsp3) is 0.143. The summed E-state index contributed by atoms with van der Waals surface area (Å²) in [6.45, 7) is 1.82. The van der Waals surface area contributed by atoms with Crippen molar-refractivity contribution in [2.24, 2.45) is 0 Å². The van der Waals surface area contributed by atoms with Crippen LogP contribution in [-0.4, -0.2) is 10.2 Å². The van der Waals surface area contributed by atoms with Crippen molar-refractivity contribution in [2.75, 3.05) is 0 Å². The molecule has 0 unspecified atom stereocenters. The van der Waals surface area contributed by atoms with Gasteiger partial charge >= 0.3 is 0 Å². The minimum Gasteiger partial charge on any atom is -0.458 e. The Balaban J connectivity index is 1.78. The van der Waals surface area contributed by atoms with Gasteiger partial charge in [0, 0.05) is 17.7 Å². The minimum absolute atomic E-state index is 0.204. The molecule has 0 aromatic carbocycles. The lowest BCUT2D eigenvalue weighted by atomic mass is 10.1. The standard InChI is InChI=1S/C21H17ClFNO2/c1-14-12-16(21(22)25)13-20(24-14)15-4-2-6-18(10-8-15)26-19-7-3-5-17(23)9-11-19/h3-4,6-13H,2,5H2,1H3. The van der Waals surface area contributed by atoms with Crippen molar-refractivity contribution in [3.8, 4) is 0 Å². The second-order valence-electron chi connectivity index (χ2n) is 5.88. The molecular weight excluding hydrogens is 353 g/mol. The largest absolute Gasteiger partial charge is 0.458 e. The average molecular weight is 370 g/mol. The Morgan fingerprint density at radius 1 is 1.15 bits per heavy atom. The lowest BCUT2D eigenvalue weighted by Crippen LogP contribution is -1.97. The van der Waals surface area contributed by atoms with Gasteiger partial charge < -0.3 is 4.74 Å². The summed E-state index contributed by atoms with van der Waals surface area (Å²) >= 11 is 5.60. The number of allylic oxidation sites excluding steroid dienone is 10. The molecule has 0 radical (unpaired) electrons. The number of ether oxygens (including phenoxy) is 1. The van der Waals surface area contributed by atoms with Crippen LogP contribution in [0.2, 0.25) is 0 Å². The number of halogens is 2. The van der Waals surface area contributed by atoms with Crippen molar-refractivity contribution in [2.45, 2.75) is 19.8 Å². The summed E-state index contributed by atoms with van der Waals surface area (Å²) in [5.74, 6) is 1.02. The Labute approximate surface area is 156 Å². The maximum absolute atomic E-state index is 13.3. The van der Waals surface area contributed by atoms with Gasteiger partial charge in [0.05, 0.1) is 5.69 Å². The molecule has 5 heteroatoms. The van der Waals surface area contributed by atoms with Crippen molar-refractivity contribution >= 4 is 22.4 Å². The van der Waals surface area contributed by atoms with E-state index in [1.807, 2.05) is 31.2 Å². The van der Waals surface area contributed by atoms with E-state index >= 15 is 0 Å². The molecule has 0 atom stereocenters. The first kappa shape index (κ1) is 18.1. The van der Waals surface area contributed by atoms with Gasteiger partial charge in [-0.05, 0) is 79.1 Å². The van der Waals surface area contributed by atoms with E-state index in [-0.39, 0.29) is 12.2 Å². The summed E-state index contributed by atoms with van der Waals surface area (Å²) in [6, 6.07) is 3.33. The summed E-state index contributed by atoms with van der Waals surface area (Å²) in [4.78, 5) is 15.9. The van der Waals surface area contributed by atoms with Gasteiger partial charge in [0.2, 0.25) is 0 Å². The summed E-state index contributed by atoms with van der Waals surface area (Å²) in [5, 5.41) is -0.510. The van der Waals surface area contributed by atoms with E-state index in [2.05, 4.69) is 4.98 Å². The number of carbonyl (C=O) groups excluding carboxylic acids is 1. The molecule has 0 saturated heterocycles. The Hall–Kier alpha value is -2.72. The van der Waals surface area contributed by atoms with Gasteiger partial charge in [0.15, 0.2) is 0 Å². The van der Waals surface area contributed by atoms with Crippen LogP contribution in [0.15, 0.2) is 78.1 Å². The number of hydrogen-bond acceptors (Lipinski definition) is 3. The molecule has 0 spiro atoms. The zero-order valence-electron chi connectivity index (χ0n) is 14.2. The molecule has 0 aliphatic heterocycles. The van der Waals surface area contributed by atoms with Crippen molar-refractivity contribution in [1.29, 1.82) is 0 Å². The SMILES string of the molecule is Cc1cc(C(=O)Cl)cc(C2=CCC=C(OC3=CC=C(F)CC=C3)C=C2)n1. The molecule has 0 fully saturated rings. The molecule has 0 N–H and O–H groups in total. The first-order valence-electron chi connectivity index (χ1n) is 8.19. The van der Waals surface area contributed by atoms with Gasteiger partial charge in [-0.3, -0.25) is 9.78 Å². The van der Waals surface area contributed by atoms with Gasteiger partial charge in [0.25, 0.3) is 5.24 Å². The van der Waals surface area contributed by atoms with Crippen LogP contribution in [0.25, 0.3) is 5.57 Å². The molecule has 26 heavy (non-hydrogen) atoms. The highest BCUT2D eigenvalue weighted by atomic mass is 35.5. The van der Waals surface area contributed by atoms with Crippen LogP contribution < -0.4 is 0 Å². The van der Waals surface area contributed by atoms with Crippen LogP contribution in [0, 0.1) is 6.92 Å². The average Bonchev–Trinajstić information content (AvgIpc) is 2.95. The van der Waals surface area contributed by atoms with Gasteiger partial charge in [-0.25, -0.2) is 4.39 Å². The summed E-state index contributed by atoms with van der Waals surface area (Å²) in [7, 11) is 0. The Bertz CT molecular complexity index is 920.